The quantitative estimate of drug-likeness (QED) is 0.443. The Labute approximate surface area is 146 Å². The minimum atomic E-state index is -1.03. The first-order valence-electron chi connectivity index (χ1n) is 7.95. The van der Waals surface area contributed by atoms with Crippen LogP contribution in [0.15, 0.2) is 30.3 Å². The van der Waals surface area contributed by atoms with Gasteiger partial charge in [-0.1, -0.05) is 30.3 Å². The number of amides is 3. The van der Waals surface area contributed by atoms with Crippen molar-refractivity contribution in [3.63, 3.8) is 0 Å². The van der Waals surface area contributed by atoms with Gasteiger partial charge in [-0.05, 0) is 5.56 Å². The van der Waals surface area contributed by atoms with Gasteiger partial charge in [0, 0.05) is 39.4 Å². The van der Waals surface area contributed by atoms with Crippen LogP contribution in [0.1, 0.15) is 31.2 Å². The summed E-state index contributed by atoms with van der Waals surface area (Å²) in [6.07, 6.45) is -0.0396. The number of rotatable bonds is 10. The monoisotopic (exact) mass is 349 g/mol. The first-order valence-corrected chi connectivity index (χ1v) is 7.95. The zero-order valence-electron chi connectivity index (χ0n) is 14.1. The molecule has 1 aromatic rings. The van der Waals surface area contributed by atoms with Crippen molar-refractivity contribution in [1.29, 1.82) is 0 Å². The van der Waals surface area contributed by atoms with E-state index in [0.29, 0.717) is 12.1 Å². The van der Waals surface area contributed by atoms with E-state index in [4.69, 9.17) is 0 Å². The van der Waals surface area contributed by atoms with Crippen LogP contribution in [0.3, 0.4) is 0 Å². The lowest BCUT2D eigenvalue weighted by Crippen LogP contribution is -2.35. The van der Waals surface area contributed by atoms with Crippen molar-refractivity contribution in [2.75, 3.05) is 19.6 Å². The molecule has 3 amide bonds. The number of carbonyl (C=O) groups excluding carboxylic acids is 3. The summed E-state index contributed by atoms with van der Waals surface area (Å²) in [4.78, 5) is 45.3. The molecule has 0 heterocycles. The molecule has 0 saturated heterocycles. The van der Waals surface area contributed by atoms with Gasteiger partial charge in [0.1, 0.15) is 0 Å². The standard InChI is InChI=1S/C17H23N3O5/c1-12(21)18-9-10-19-15(22)7-8-16(23)20-11-14(17(24)25)13-5-3-2-4-6-13/h2-6,14H,7-11H2,1H3,(H,18,21)(H,19,22)(H,20,23)(H,24,25). The molecule has 8 heteroatoms. The van der Waals surface area contributed by atoms with E-state index in [-0.39, 0.29) is 43.7 Å². The van der Waals surface area contributed by atoms with Crippen molar-refractivity contribution >= 4 is 23.7 Å². The molecule has 0 aliphatic heterocycles. The number of carboxylic acid groups (broad SMARTS) is 1. The normalized spacial score (nSPS) is 11.2. The molecule has 136 valence electrons. The van der Waals surface area contributed by atoms with Crippen LogP contribution in [0.25, 0.3) is 0 Å². The van der Waals surface area contributed by atoms with Gasteiger partial charge >= 0.3 is 5.97 Å². The second-order valence-electron chi connectivity index (χ2n) is 5.44. The summed E-state index contributed by atoms with van der Waals surface area (Å²) in [7, 11) is 0. The summed E-state index contributed by atoms with van der Waals surface area (Å²) in [5.74, 6) is -2.74. The summed E-state index contributed by atoms with van der Waals surface area (Å²) >= 11 is 0. The topological polar surface area (TPSA) is 125 Å². The first-order chi connectivity index (χ1) is 11.9. The van der Waals surface area contributed by atoms with Crippen molar-refractivity contribution in [1.82, 2.24) is 16.0 Å². The van der Waals surface area contributed by atoms with Gasteiger partial charge in [-0.15, -0.1) is 0 Å². The third-order valence-corrected chi connectivity index (χ3v) is 3.40. The molecular weight excluding hydrogens is 326 g/mol. The van der Waals surface area contributed by atoms with Crippen LogP contribution in [0.2, 0.25) is 0 Å². The SMILES string of the molecule is CC(=O)NCCNC(=O)CCC(=O)NCC(C(=O)O)c1ccccc1. The van der Waals surface area contributed by atoms with E-state index in [1.807, 2.05) is 0 Å². The predicted molar refractivity (Wildman–Crippen MR) is 90.8 cm³/mol. The van der Waals surface area contributed by atoms with E-state index < -0.39 is 11.9 Å². The molecule has 0 saturated carbocycles. The highest BCUT2D eigenvalue weighted by Crippen LogP contribution is 2.14. The highest BCUT2D eigenvalue weighted by Gasteiger charge is 2.20. The molecule has 1 atom stereocenters. The van der Waals surface area contributed by atoms with Gasteiger partial charge < -0.3 is 21.1 Å². The van der Waals surface area contributed by atoms with Crippen molar-refractivity contribution in [2.45, 2.75) is 25.7 Å². The van der Waals surface area contributed by atoms with E-state index in [0.717, 1.165) is 0 Å². The summed E-state index contributed by atoms with van der Waals surface area (Å²) in [5, 5.41) is 16.9. The summed E-state index contributed by atoms with van der Waals surface area (Å²) in [6, 6.07) is 8.63. The third-order valence-electron chi connectivity index (χ3n) is 3.40. The van der Waals surface area contributed by atoms with Gasteiger partial charge in [0.15, 0.2) is 0 Å². The maximum absolute atomic E-state index is 11.8. The molecule has 0 fully saturated rings. The van der Waals surface area contributed by atoms with Gasteiger partial charge in [0.25, 0.3) is 0 Å². The largest absolute Gasteiger partial charge is 0.481 e. The van der Waals surface area contributed by atoms with E-state index in [1.54, 1.807) is 30.3 Å². The molecule has 4 N–H and O–H groups in total. The highest BCUT2D eigenvalue weighted by atomic mass is 16.4. The molecule has 0 radical (unpaired) electrons. The predicted octanol–water partition coefficient (Wildman–Crippen LogP) is 0.00350. The smallest absolute Gasteiger partial charge is 0.312 e. The fourth-order valence-electron chi connectivity index (χ4n) is 2.09. The molecule has 0 spiro atoms. The van der Waals surface area contributed by atoms with Crippen LogP contribution in [-0.4, -0.2) is 48.4 Å². The highest BCUT2D eigenvalue weighted by molar-refractivity contribution is 5.84. The number of aliphatic carboxylic acids is 1. The molecule has 0 aromatic heterocycles. The zero-order chi connectivity index (χ0) is 18.7. The zero-order valence-corrected chi connectivity index (χ0v) is 14.1. The lowest BCUT2D eigenvalue weighted by atomic mass is 9.99. The molecule has 1 unspecified atom stereocenters. The number of nitrogens with one attached hydrogen (secondary N) is 3. The molecule has 1 rings (SSSR count). The lowest BCUT2D eigenvalue weighted by molar-refractivity contribution is -0.139. The van der Waals surface area contributed by atoms with E-state index in [9.17, 15) is 24.3 Å². The van der Waals surface area contributed by atoms with Crippen LogP contribution in [0, 0.1) is 0 Å². The molecular formula is C17H23N3O5. The number of hydrogen-bond acceptors (Lipinski definition) is 4. The Hall–Kier alpha value is -2.90. The Morgan fingerprint density at radius 1 is 0.920 bits per heavy atom. The fourth-order valence-corrected chi connectivity index (χ4v) is 2.09. The Morgan fingerprint density at radius 2 is 1.48 bits per heavy atom. The Morgan fingerprint density at radius 3 is 2.04 bits per heavy atom. The number of hydrogen-bond donors (Lipinski definition) is 4. The van der Waals surface area contributed by atoms with Crippen LogP contribution in [-0.2, 0) is 19.2 Å². The maximum atomic E-state index is 11.8. The minimum Gasteiger partial charge on any atom is -0.481 e. The van der Waals surface area contributed by atoms with Crippen LogP contribution in [0.5, 0.6) is 0 Å². The maximum Gasteiger partial charge on any atom is 0.312 e. The van der Waals surface area contributed by atoms with Gasteiger partial charge in [-0.2, -0.15) is 0 Å². The van der Waals surface area contributed by atoms with Gasteiger partial charge in [-0.25, -0.2) is 0 Å². The lowest BCUT2D eigenvalue weighted by Gasteiger charge is -2.13. The molecule has 0 aliphatic carbocycles. The van der Waals surface area contributed by atoms with E-state index in [1.165, 1.54) is 6.92 Å². The van der Waals surface area contributed by atoms with Crippen molar-refractivity contribution in [2.24, 2.45) is 0 Å². The minimum absolute atomic E-state index is 0.00498. The first kappa shape index (κ1) is 20.1. The molecule has 8 nitrogen and oxygen atoms in total. The Balaban J connectivity index is 2.30. The van der Waals surface area contributed by atoms with Crippen LogP contribution in [0.4, 0.5) is 0 Å². The average molecular weight is 349 g/mol. The number of carbonyl (C=O) groups is 4. The average Bonchev–Trinajstić information content (AvgIpc) is 2.57. The van der Waals surface area contributed by atoms with Crippen molar-refractivity contribution in [3.05, 3.63) is 35.9 Å². The van der Waals surface area contributed by atoms with Gasteiger partial charge in [-0.3, -0.25) is 19.2 Å². The Kier molecular flexibility index (Phi) is 8.70. The number of carboxylic acids is 1. The third kappa shape index (κ3) is 8.50. The van der Waals surface area contributed by atoms with Gasteiger partial charge in [0.05, 0.1) is 5.92 Å². The molecule has 0 aliphatic rings. The van der Waals surface area contributed by atoms with Gasteiger partial charge in [0.2, 0.25) is 17.7 Å². The second-order valence-corrected chi connectivity index (χ2v) is 5.44. The molecule has 25 heavy (non-hydrogen) atoms. The van der Waals surface area contributed by atoms with Crippen molar-refractivity contribution in [3.8, 4) is 0 Å². The summed E-state index contributed by atoms with van der Waals surface area (Å²) in [5.41, 5.74) is 0.603. The van der Waals surface area contributed by atoms with Crippen molar-refractivity contribution < 1.29 is 24.3 Å². The summed E-state index contributed by atoms with van der Waals surface area (Å²) < 4.78 is 0. The Bertz CT molecular complexity index is 604. The van der Waals surface area contributed by atoms with Crippen LogP contribution >= 0.6 is 0 Å². The summed E-state index contributed by atoms with van der Waals surface area (Å²) in [6.45, 7) is 1.95. The molecule has 1 aromatic carbocycles. The second kappa shape index (κ2) is 10.8. The number of benzene rings is 1. The van der Waals surface area contributed by atoms with E-state index in [2.05, 4.69) is 16.0 Å². The van der Waals surface area contributed by atoms with Crippen LogP contribution < -0.4 is 16.0 Å². The molecule has 0 bridgehead atoms. The fraction of sp³-hybridized carbons (Fsp3) is 0.412. The van der Waals surface area contributed by atoms with E-state index >= 15 is 0 Å².